The number of hydrogen-bond acceptors (Lipinski definition) is 7. The predicted molar refractivity (Wildman–Crippen MR) is 129 cm³/mol. The molecule has 0 aliphatic carbocycles. The van der Waals surface area contributed by atoms with Crippen LogP contribution >= 0.6 is 0 Å². The minimum Gasteiger partial charge on any atom is -0.503 e. The molecule has 1 amide bonds. The molecule has 35 heavy (non-hydrogen) atoms. The van der Waals surface area contributed by atoms with E-state index in [1.807, 2.05) is 6.92 Å². The maximum Gasteiger partial charge on any atom is 0.295 e. The molecule has 0 bridgehead atoms. The average Bonchev–Trinajstić information content (AvgIpc) is 3.44. The molecule has 0 saturated heterocycles. The number of carbonyl (C=O) groups excluding carboxylic acids is 2. The van der Waals surface area contributed by atoms with Crippen LogP contribution in [0.2, 0.25) is 0 Å². The Hall–Kier alpha value is -4.59. The van der Waals surface area contributed by atoms with Gasteiger partial charge in [0.15, 0.2) is 22.9 Å². The Balaban J connectivity index is 1.63. The van der Waals surface area contributed by atoms with Crippen LogP contribution < -0.4 is 14.4 Å². The van der Waals surface area contributed by atoms with E-state index in [0.29, 0.717) is 40.5 Å². The van der Waals surface area contributed by atoms with Crippen molar-refractivity contribution >= 4 is 28.5 Å². The van der Waals surface area contributed by atoms with Crippen LogP contribution in [-0.4, -0.2) is 35.5 Å². The van der Waals surface area contributed by atoms with Gasteiger partial charge in [-0.2, -0.15) is 0 Å². The number of fused-ring (bicyclic) bond motifs is 1. The molecular formula is C27H22N2O6. The molecule has 1 atom stereocenters. The van der Waals surface area contributed by atoms with E-state index >= 15 is 0 Å². The van der Waals surface area contributed by atoms with Gasteiger partial charge in [0.1, 0.15) is 11.6 Å². The summed E-state index contributed by atoms with van der Waals surface area (Å²) in [5.41, 5.74) is 0.915. The summed E-state index contributed by atoms with van der Waals surface area (Å²) in [4.78, 5) is 32.5. The first kappa shape index (κ1) is 22.2. The molecule has 176 valence electrons. The van der Waals surface area contributed by atoms with Crippen molar-refractivity contribution in [2.45, 2.75) is 13.0 Å². The molecule has 1 unspecified atom stereocenters. The van der Waals surface area contributed by atoms with E-state index in [2.05, 4.69) is 4.98 Å². The van der Waals surface area contributed by atoms with Crippen LogP contribution in [0, 0.1) is 0 Å². The first-order chi connectivity index (χ1) is 17.0. The SMILES string of the molecule is CCOc1ccc(C2C(C(=O)c3cc4cccc(OC)c4o3)=C(O)C(=O)N2c2ccccn2)cc1. The smallest absolute Gasteiger partial charge is 0.295 e. The van der Waals surface area contributed by atoms with Gasteiger partial charge in [0, 0.05) is 11.6 Å². The van der Waals surface area contributed by atoms with Crippen molar-refractivity contribution in [1.82, 2.24) is 4.98 Å². The van der Waals surface area contributed by atoms with E-state index in [1.165, 1.54) is 12.0 Å². The first-order valence-corrected chi connectivity index (χ1v) is 11.0. The van der Waals surface area contributed by atoms with Crippen LogP contribution in [-0.2, 0) is 4.79 Å². The number of aliphatic hydroxyl groups is 1. The molecule has 0 spiro atoms. The highest BCUT2D eigenvalue weighted by molar-refractivity contribution is 6.20. The summed E-state index contributed by atoms with van der Waals surface area (Å²) in [6, 6.07) is 18.1. The summed E-state index contributed by atoms with van der Waals surface area (Å²) in [6.45, 7) is 2.38. The number of Topliss-reactive ketones (excluding diaryl/α,β-unsaturated/α-hetero) is 1. The molecule has 1 aliphatic rings. The normalized spacial score (nSPS) is 15.7. The van der Waals surface area contributed by atoms with Crippen molar-refractivity contribution in [2.24, 2.45) is 0 Å². The van der Waals surface area contributed by atoms with E-state index in [4.69, 9.17) is 13.9 Å². The van der Waals surface area contributed by atoms with Crippen LogP contribution in [0.25, 0.3) is 11.0 Å². The first-order valence-electron chi connectivity index (χ1n) is 11.0. The maximum absolute atomic E-state index is 13.7. The Kier molecular flexibility index (Phi) is 5.70. The van der Waals surface area contributed by atoms with Crippen LogP contribution in [0.4, 0.5) is 5.82 Å². The average molecular weight is 470 g/mol. The molecular weight excluding hydrogens is 448 g/mol. The van der Waals surface area contributed by atoms with E-state index in [1.54, 1.807) is 72.9 Å². The maximum atomic E-state index is 13.7. The highest BCUT2D eigenvalue weighted by atomic mass is 16.5. The summed E-state index contributed by atoms with van der Waals surface area (Å²) in [5, 5.41) is 11.6. The third-order valence-corrected chi connectivity index (χ3v) is 5.81. The van der Waals surface area contributed by atoms with E-state index in [9.17, 15) is 14.7 Å². The minimum absolute atomic E-state index is 0.0161. The zero-order valence-electron chi connectivity index (χ0n) is 19.1. The zero-order valence-corrected chi connectivity index (χ0v) is 19.1. The molecule has 2 aromatic heterocycles. The molecule has 0 fully saturated rings. The quantitative estimate of drug-likeness (QED) is 0.379. The van der Waals surface area contributed by atoms with Gasteiger partial charge in [-0.25, -0.2) is 4.98 Å². The molecule has 1 N–H and O–H groups in total. The van der Waals surface area contributed by atoms with Crippen LogP contribution in [0.15, 0.2) is 88.7 Å². The monoisotopic (exact) mass is 470 g/mol. The summed E-state index contributed by atoms with van der Waals surface area (Å²) in [6.07, 6.45) is 1.54. The molecule has 1 aliphatic heterocycles. The van der Waals surface area contributed by atoms with Gasteiger partial charge in [-0.3, -0.25) is 14.5 Å². The fourth-order valence-corrected chi connectivity index (χ4v) is 4.24. The van der Waals surface area contributed by atoms with Crippen molar-refractivity contribution < 1.29 is 28.6 Å². The minimum atomic E-state index is -0.921. The Morgan fingerprint density at radius 3 is 2.60 bits per heavy atom. The largest absolute Gasteiger partial charge is 0.503 e. The number of nitrogens with zero attached hydrogens (tertiary/aromatic N) is 2. The second-order valence-electron chi connectivity index (χ2n) is 7.85. The number of furan rings is 1. The molecule has 0 radical (unpaired) electrons. The number of benzene rings is 2. The number of aromatic nitrogens is 1. The van der Waals surface area contributed by atoms with Crippen molar-refractivity contribution in [3.05, 3.63) is 95.6 Å². The second-order valence-corrected chi connectivity index (χ2v) is 7.85. The lowest BCUT2D eigenvalue weighted by molar-refractivity contribution is -0.117. The Bertz CT molecular complexity index is 1440. The topological polar surface area (TPSA) is 102 Å². The van der Waals surface area contributed by atoms with Crippen molar-refractivity contribution in [2.75, 3.05) is 18.6 Å². The number of pyridine rings is 1. The van der Waals surface area contributed by atoms with Crippen molar-refractivity contribution in [3.8, 4) is 11.5 Å². The number of amides is 1. The molecule has 3 heterocycles. The highest BCUT2D eigenvalue weighted by Crippen LogP contribution is 2.42. The summed E-state index contributed by atoms with van der Waals surface area (Å²) >= 11 is 0. The van der Waals surface area contributed by atoms with Crippen LogP contribution in [0.5, 0.6) is 11.5 Å². The second kappa shape index (κ2) is 8.98. The van der Waals surface area contributed by atoms with Gasteiger partial charge in [0.2, 0.25) is 5.78 Å². The van der Waals surface area contributed by atoms with Gasteiger partial charge in [-0.1, -0.05) is 30.3 Å². The van der Waals surface area contributed by atoms with Crippen LogP contribution in [0.1, 0.15) is 29.1 Å². The number of ketones is 1. The van der Waals surface area contributed by atoms with Gasteiger partial charge in [-0.05, 0) is 48.9 Å². The van der Waals surface area contributed by atoms with Gasteiger partial charge in [-0.15, -0.1) is 0 Å². The standard InChI is InChI=1S/C27H22N2O6/c1-3-34-18-12-10-16(11-13-18)23-22(25(31)27(32)29(23)21-9-4-5-14-28-21)24(30)20-15-17-7-6-8-19(33-2)26(17)35-20/h4-15,23,31H,3H2,1-2H3. The third-order valence-electron chi connectivity index (χ3n) is 5.81. The Labute approximate surface area is 201 Å². The zero-order chi connectivity index (χ0) is 24.5. The number of aliphatic hydroxyl groups excluding tert-OH is 1. The predicted octanol–water partition coefficient (Wildman–Crippen LogP) is 5.02. The van der Waals surface area contributed by atoms with Gasteiger partial charge < -0.3 is 19.0 Å². The number of para-hydroxylation sites is 1. The molecule has 5 rings (SSSR count). The number of methoxy groups -OCH3 is 1. The lowest BCUT2D eigenvalue weighted by Crippen LogP contribution is -2.31. The Morgan fingerprint density at radius 2 is 1.91 bits per heavy atom. The highest BCUT2D eigenvalue weighted by Gasteiger charge is 2.46. The fraction of sp³-hybridized carbons (Fsp3) is 0.148. The van der Waals surface area contributed by atoms with E-state index in [-0.39, 0.29) is 11.3 Å². The van der Waals surface area contributed by atoms with Crippen molar-refractivity contribution in [1.29, 1.82) is 0 Å². The number of carbonyl (C=O) groups is 2. The molecule has 0 saturated carbocycles. The lowest BCUT2D eigenvalue weighted by atomic mass is 9.95. The summed E-state index contributed by atoms with van der Waals surface area (Å²) in [5.74, 6) is -0.566. The number of ether oxygens (including phenoxy) is 2. The third kappa shape index (κ3) is 3.78. The lowest BCUT2D eigenvalue weighted by Gasteiger charge is -2.25. The molecule has 8 heteroatoms. The Morgan fingerprint density at radius 1 is 1.11 bits per heavy atom. The van der Waals surface area contributed by atoms with Gasteiger partial charge in [0.25, 0.3) is 5.91 Å². The van der Waals surface area contributed by atoms with E-state index < -0.39 is 23.5 Å². The molecule has 4 aromatic rings. The summed E-state index contributed by atoms with van der Waals surface area (Å²) < 4.78 is 16.7. The van der Waals surface area contributed by atoms with Crippen LogP contribution in [0.3, 0.4) is 0 Å². The van der Waals surface area contributed by atoms with Gasteiger partial charge in [0.05, 0.1) is 25.3 Å². The molecule has 8 nitrogen and oxygen atoms in total. The number of anilines is 1. The summed E-state index contributed by atoms with van der Waals surface area (Å²) in [7, 11) is 1.51. The number of hydrogen-bond donors (Lipinski definition) is 1. The number of rotatable bonds is 7. The van der Waals surface area contributed by atoms with E-state index in [0.717, 1.165) is 0 Å². The van der Waals surface area contributed by atoms with Crippen molar-refractivity contribution in [3.63, 3.8) is 0 Å². The fourth-order valence-electron chi connectivity index (χ4n) is 4.24. The van der Waals surface area contributed by atoms with Gasteiger partial charge >= 0.3 is 0 Å². The molecule has 2 aromatic carbocycles.